The number of aromatic amines is 1. The summed E-state index contributed by atoms with van der Waals surface area (Å²) in [6, 6.07) is 6.07. The van der Waals surface area contributed by atoms with Gasteiger partial charge in [0.1, 0.15) is 11.6 Å². The minimum Gasteiger partial charge on any atom is -0.352 e. The third-order valence-corrected chi connectivity index (χ3v) is 14.2. The standard InChI is InChI=1S/C45H43F3N14O5S/c46-31-17-26(16-28-29(31)21-62(42(28)66)39(41(65)54-43-49-7-15-68-43)38-34-2-1-8-60(34)24-52-38)33-19-51-35(20-50-33)58-11-13-59(14-12-58)37(64)22-57-9-5-30(45(47,48)23-57)25-3-4-27-32(18-25)55-56-40(27)61-10-6-36(63)53-44(61)67/h3-4,7,15-20,24,30,39H,1-2,5-6,8-14,21-23H2,(H,55,56)(H,49,54,65)(H,53,63,67). The Balaban J connectivity index is 0.702. The molecule has 3 fully saturated rings. The number of alkyl halides is 2. The number of imidazole rings is 1. The SMILES string of the molecule is O=C1CCN(c2n[nH]c3cc(C4CCN(CC(=O)N5CCN(c6cnc(-c7cc(F)c8c(c7)C(=O)N(C(C(=O)Nc7nccs7)c7ncn9c7CCC9)C8)cn6)CC5)CC4(F)F)ccc23)C(=O)N1. The van der Waals surface area contributed by atoms with Crippen molar-refractivity contribution in [3.63, 3.8) is 0 Å². The molecular weight excluding hydrogens is 906 g/mol. The van der Waals surface area contributed by atoms with Gasteiger partial charge in [0, 0.05) is 85.0 Å². The Labute approximate surface area is 389 Å². The van der Waals surface area contributed by atoms with Gasteiger partial charge in [-0.15, -0.1) is 11.3 Å². The molecule has 2 aromatic carbocycles. The number of carbonyl (C=O) groups excluding carboxylic acids is 5. The van der Waals surface area contributed by atoms with E-state index in [1.54, 1.807) is 53.3 Å². The first-order chi connectivity index (χ1) is 32.9. The van der Waals surface area contributed by atoms with Crippen LogP contribution in [-0.4, -0.2) is 137 Å². The van der Waals surface area contributed by atoms with Crippen molar-refractivity contribution in [1.82, 2.24) is 54.7 Å². The monoisotopic (exact) mass is 948 g/mol. The van der Waals surface area contributed by atoms with Crippen LogP contribution in [0.5, 0.6) is 0 Å². The molecule has 0 radical (unpaired) electrons. The van der Waals surface area contributed by atoms with Gasteiger partial charge in [-0.1, -0.05) is 6.07 Å². The number of H-pyrrole nitrogens is 1. The molecule has 5 aliphatic heterocycles. The summed E-state index contributed by atoms with van der Waals surface area (Å²) in [7, 11) is 0. The number of hydrogen-bond donors (Lipinski definition) is 3. The third-order valence-electron chi connectivity index (χ3n) is 13.5. The molecule has 0 aliphatic carbocycles. The summed E-state index contributed by atoms with van der Waals surface area (Å²) >= 11 is 1.24. The van der Waals surface area contributed by atoms with Crippen LogP contribution < -0.4 is 20.4 Å². The van der Waals surface area contributed by atoms with E-state index in [1.165, 1.54) is 38.3 Å². The van der Waals surface area contributed by atoms with Crippen molar-refractivity contribution in [1.29, 1.82) is 0 Å². The molecule has 68 heavy (non-hydrogen) atoms. The topological polar surface area (TPSA) is 211 Å². The van der Waals surface area contributed by atoms with Gasteiger partial charge in [0.2, 0.25) is 11.8 Å². The highest BCUT2D eigenvalue weighted by Crippen LogP contribution is 2.42. The summed E-state index contributed by atoms with van der Waals surface area (Å²) < 4.78 is 49.5. The average molecular weight is 949 g/mol. The Kier molecular flexibility index (Phi) is 10.9. The van der Waals surface area contributed by atoms with Gasteiger partial charge >= 0.3 is 6.03 Å². The zero-order valence-corrected chi connectivity index (χ0v) is 37.1. The minimum absolute atomic E-state index is 0.122. The highest BCUT2D eigenvalue weighted by atomic mass is 32.1. The molecule has 6 aromatic rings. The second-order valence-corrected chi connectivity index (χ2v) is 18.5. The van der Waals surface area contributed by atoms with Gasteiger partial charge in [-0.2, -0.15) is 5.10 Å². The van der Waals surface area contributed by atoms with Crippen LogP contribution in [0.3, 0.4) is 0 Å². The Morgan fingerprint density at radius 1 is 0.956 bits per heavy atom. The normalized spacial score (nSPS) is 19.9. The predicted octanol–water partition coefficient (Wildman–Crippen LogP) is 4.31. The van der Waals surface area contributed by atoms with E-state index in [-0.39, 0.29) is 55.4 Å². The van der Waals surface area contributed by atoms with Crippen LogP contribution in [0.2, 0.25) is 0 Å². The van der Waals surface area contributed by atoms with Crippen molar-refractivity contribution in [2.24, 2.45) is 0 Å². The van der Waals surface area contributed by atoms with Crippen molar-refractivity contribution in [2.75, 3.05) is 67.5 Å². The maximum atomic E-state index is 15.9. The molecule has 350 valence electrons. The smallest absolute Gasteiger partial charge is 0.329 e. The summed E-state index contributed by atoms with van der Waals surface area (Å²) in [5.74, 6) is -5.61. The first-order valence-corrected chi connectivity index (χ1v) is 23.2. The van der Waals surface area contributed by atoms with E-state index in [0.717, 1.165) is 18.7 Å². The van der Waals surface area contributed by atoms with Crippen molar-refractivity contribution >= 4 is 68.7 Å². The number of imide groups is 1. The quantitative estimate of drug-likeness (QED) is 0.176. The molecule has 0 bridgehead atoms. The maximum absolute atomic E-state index is 15.9. The molecule has 19 nitrogen and oxygen atoms in total. The van der Waals surface area contributed by atoms with E-state index < -0.39 is 48.1 Å². The fourth-order valence-electron chi connectivity index (χ4n) is 10.0. The van der Waals surface area contributed by atoms with E-state index >= 15 is 13.2 Å². The van der Waals surface area contributed by atoms with Crippen LogP contribution in [0.15, 0.2) is 60.6 Å². The summed E-state index contributed by atoms with van der Waals surface area (Å²) in [5.41, 5.74) is 3.20. The number of benzene rings is 2. The summed E-state index contributed by atoms with van der Waals surface area (Å²) in [6.07, 6.45) is 8.11. The number of piperidine rings is 1. The number of carbonyl (C=O) groups is 5. The Morgan fingerprint density at radius 3 is 2.57 bits per heavy atom. The molecule has 3 saturated heterocycles. The maximum Gasteiger partial charge on any atom is 0.329 e. The number of nitrogens with one attached hydrogen (secondary N) is 3. The lowest BCUT2D eigenvalue weighted by atomic mass is 9.85. The molecule has 5 aliphatic rings. The second-order valence-electron chi connectivity index (χ2n) is 17.6. The molecular formula is C45H43F3N14O5S. The molecule has 2 unspecified atom stereocenters. The number of hydrogen-bond acceptors (Lipinski definition) is 13. The number of rotatable bonds is 10. The molecule has 11 rings (SSSR count). The summed E-state index contributed by atoms with van der Waals surface area (Å²) in [4.78, 5) is 91.1. The zero-order valence-electron chi connectivity index (χ0n) is 36.3. The van der Waals surface area contributed by atoms with Crippen LogP contribution in [0, 0.1) is 5.82 Å². The molecule has 0 spiro atoms. The van der Waals surface area contributed by atoms with Crippen molar-refractivity contribution < 1.29 is 37.1 Å². The third kappa shape index (κ3) is 7.87. The van der Waals surface area contributed by atoms with Crippen LogP contribution in [0.25, 0.3) is 22.2 Å². The number of amides is 6. The van der Waals surface area contributed by atoms with Gasteiger partial charge in [0.25, 0.3) is 17.7 Å². The van der Waals surface area contributed by atoms with Gasteiger partial charge in [-0.3, -0.25) is 49.7 Å². The fraction of sp³-hybridized carbons (Fsp3) is 0.378. The van der Waals surface area contributed by atoms with E-state index in [9.17, 15) is 24.0 Å². The van der Waals surface area contributed by atoms with Crippen LogP contribution in [0.1, 0.15) is 64.1 Å². The van der Waals surface area contributed by atoms with Crippen molar-refractivity contribution in [2.45, 2.75) is 56.7 Å². The zero-order chi connectivity index (χ0) is 46.8. The summed E-state index contributed by atoms with van der Waals surface area (Å²) in [5, 5.41) is 14.8. The van der Waals surface area contributed by atoms with Gasteiger partial charge in [0.15, 0.2) is 17.0 Å². The van der Waals surface area contributed by atoms with E-state index in [4.69, 9.17) is 0 Å². The molecule has 23 heteroatoms. The fourth-order valence-corrected chi connectivity index (χ4v) is 10.6. The van der Waals surface area contributed by atoms with Gasteiger partial charge in [0.05, 0.1) is 61.2 Å². The van der Waals surface area contributed by atoms with Gasteiger partial charge < -0.3 is 19.3 Å². The number of aryl methyl sites for hydroxylation is 1. The Bertz CT molecular complexity index is 2990. The number of anilines is 3. The number of thiazole rings is 1. The summed E-state index contributed by atoms with van der Waals surface area (Å²) in [6.45, 7) is 1.87. The van der Waals surface area contributed by atoms with Crippen molar-refractivity contribution in [3.8, 4) is 11.3 Å². The Hall–Kier alpha value is -7.27. The molecule has 9 heterocycles. The van der Waals surface area contributed by atoms with Crippen molar-refractivity contribution in [3.05, 3.63) is 94.5 Å². The van der Waals surface area contributed by atoms with E-state index in [0.29, 0.717) is 89.3 Å². The number of halogens is 3. The number of likely N-dealkylation sites (tertiary alicyclic amines) is 1. The lowest BCUT2D eigenvalue weighted by Crippen LogP contribution is -2.54. The minimum atomic E-state index is -3.13. The van der Waals surface area contributed by atoms with Crippen LogP contribution in [-0.2, 0) is 33.9 Å². The van der Waals surface area contributed by atoms with Gasteiger partial charge in [-0.05, 0) is 55.6 Å². The number of fused-ring (bicyclic) bond motifs is 3. The number of aromatic nitrogens is 7. The second kappa shape index (κ2) is 17.1. The first-order valence-electron chi connectivity index (χ1n) is 22.3. The highest BCUT2D eigenvalue weighted by molar-refractivity contribution is 7.13. The lowest BCUT2D eigenvalue weighted by Gasteiger charge is -2.40. The lowest BCUT2D eigenvalue weighted by molar-refractivity contribution is -0.136. The molecule has 4 aromatic heterocycles. The largest absolute Gasteiger partial charge is 0.352 e. The first kappa shape index (κ1) is 43.3. The average Bonchev–Trinajstić information content (AvgIpc) is 4.19. The number of nitrogens with zero attached hydrogens (tertiary/aromatic N) is 11. The predicted molar refractivity (Wildman–Crippen MR) is 240 cm³/mol. The molecule has 3 N–H and O–H groups in total. The number of urea groups is 1. The number of piperazine rings is 1. The van der Waals surface area contributed by atoms with E-state index in [2.05, 4.69) is 40.8 Å². The van der Waals surface area contributed by atoms with Gasteiger partial charge in [-0.25, -0.2) is 32.9 Å². The molecule has 0 saturated carbocycles. The highest BCUT2D eigenvalue weighted by Gasteiger charge is 2.46. The van der Waals surface area contributed by atoms with Crippen LogP contribution >= 0.6 is 11.3 Å². The van der Waals surface area contributed by atoms with Crippen LogP contribution in [0.4, 0.5) is 34.7 Å². The molecule has 2 atom stereocenters. The molecule has 6 amide bonds. The Morgan fingerprint density at radius 2 is 1.81 bits per heavy atom. The van der Waals surface area contributed by atoms with E-state index in [1.807, 2.05) is 9.47 Å².